The number of carboxylic acids is 1. The molecular weight excluding hydrogens is 649 g/mol. The van der Waals surface area contributed by atoms with Crippen LogP contribution in [0.5, 0.6) is 0 Å². The second-order valence-corrected chi connectivity index (χ2v) is 14.2. The van der Waals surface area contributed by atoms with Gasteiger partial charge >= 0.3 is 19.8 Å². The topological polar surface area (TPSA) is 169 Å². The zero-order chi connectivity index (χ0) is 36.4. The second kappa shape index (κ2) is 33.1. The summed E-state index contributed by atoms with van der Waals surface area (Å²) in [7, 11) is -4.73. The molecule has 0 rings (SSSR count). The Morgan fingerprint density at radius 2 is 1.12 bits per heavy atom. The summed E-state index contributed by atoms with van der Waals surface area (Å²) >= 11 is 0. The number of unbranched alkanes of at least 4 members (excludes halogenated alkanes) is 17. The number of allylic oxidation sites excluding steroid dienone is 4. The summed E-state index contributed by atoms with van der Waals surface area (Å²) in [4.78, 5) is 45.3. The molecule has 0 spiro atoms. The van der Waals surface area contributed by atoms with Crippen LogP contribution in [-0.4, -0.2) is 64.9 Å². The Morgan fingerprint density at radius 3 is 1.69 bits per heavy atom. The molecule has 0 saturated carbocycles. The third-order valence-electron chi connectivity index (χ3n) is 7.99. The summed E-state index contributed by atoms with van der Waals surface area (Å²) in [5.41, 5.74) is 0. The number of aliphatic hydroxyl groups excluding tert-OH is 1. The summed E-state index contributed by atoms with van der Waals surface area (Å²) in [5.74, 6) is -2.39. The van der Waals surface area contributed by atoms with Gasteiger partial charge in [-0.3, -0.25) is 18.6 Å². The SMILES string of the molecule is CCCCC/C=C\C/C=C\CCCCCCCCCCCCCC(=O)NC(COP(=O)(O)OCC(O)COC(=O)CCCCCC)C(=O)O. The van der Waals surface area contributed by atoms with E-state index >= 15 is 0 Å². The van der Waals surface area contributed by atoms with Crippen LogP contribution in [0.2, 0.25) is 0 Å². The van der Waals surface area contributed by atoms with E-state index in [1.54, 1.807) is 0 Å². The van der Waals surface area contributed by atoms with Crippen LogP contribution in [0.15, 0.2) is 24.3 Å². The smallest absolute Gasteiger partial charge is 0.472 e. The number of nitrogens with one attached hydrogen (secondary N) is 1. The predicted molar refractivity (Wildman–Crippen MR) is 194 cm³/mol. The van der Waals surface area contributed by atoms with Crippen molar-refractivity contribution >= 4 is 25.7 Å². The van der Waals surface area contributed by atoms with E-state index in [9.17, 15) is 34.1 Å². The first-order chi connectivity index (χ1) is 23.6. The van der Waals surface area contributed by atoms with Crippen molar-refractivity contribution in [2.45, 2.75) is 174 Å². The molecular formula is C37H68NO10P. The average molecular weight is 718 g/mol. The summed E-state index contributed by atoms with van der Waals surface area (Å²) in [6.07, 6.45) is 31.4. The lowest BCUT2D eigenvalue weighted by Crippen LogP contribution is -2.43. The number of phosphoric acid groups is 1. The molecule has 0 aliphatic rings. The van der Waals surface area contributed by atoms with Gasteiger partial charge in [-0.25, -0.2) is 9.36 Å². The highest BCUT2D eigenvalue weighted by molar-refractivity contribution is 7.47. The van der Waals surface area contributed by atoms with Gasteiger partial charge in [0.1, 0.15) is 12.7 Å². The lowest BCUT2D eigenvalue weighted by atomic mass is 10.0. The fourth-order valence-corrected chi connectivity index (χ4v) is 5.76. The van der Waals surface area contributed by atoms with Gasteiger partial charge in [0.2, 0.25) is 5.91 Å². The second-order valence-electron chi connectivity index (χ2n) is 12.8. The largest absolute Gasteiger partial charge is 0.480 e. The fourth-order valence-electron chi connectivity index (χ4n) is 4.99. The fraction of sp³-hybridized carbons (Fsp3) is 0.811. The minimum absolute atomic E-state index is 0.144. The van der Waals surface area contributed by atoms with Crippen molar-refractivity contribution in [3.8, 4) is 0 Å². The van der Waals surface area contributed by atoms with Crippen LogP contribution >= 0.6 is 7.82 Å². The van der Waals surface area contributed by atoms with Crippen molar-refractivity contribution in [1.82, 2.24) is 5.32 Å². The van der Waals surface area contributed by atoms with Crippen molar-refractivity contribution in [3.05, 3.63) is 24.3 Å². The zero-order valence-corrected chi connectivity index (χ0v) is 31.4. The Hall–Kier alpha value is -2.04. The van der Waals surface area contributed by atoms with Crippen LogP contribution in [-0.2, 0) is 32.7 Å². The summed E-state index contributed by atoms with van der Waals surface area (Å²) in [6.45, 7) is 2.40. The normalized spacial score (nSPS) is 14.2. The zero-order valence-electron chi connectivity index (χ0n) is 30.5. The Morgan fingerprint density at radius 1 is 0.653 bits per heavy atom. The molecule has 11 nitrogen and oxygen atoms in total. The summed E-state index contributed by atoms with van der Waals surface area (Å²) in [6, 6.07) is -1.54. The Bertz CT molecular complexity index is 942. The molecule has 0 radical (unpaired) electrons. The highest BCUT2D eigenvalue weighted by atomic mass is 31.2. The number of ether oxygens (including phenoxy) is 1. The Kier molecular flexibility index (Phi) is 31.7. The molecule has 0 heterocycles. The quantitative estimate of drug-likeness (QED) is 0.0215. The maximum atomic E-state index is 12.2. The molecule has 4 N–H and O–H groups in total. The van der Waals surface area contributed by atoms with Gasteiger partial charge in [0.15, 0.2) is 6.04 Å². The molecule has 0 aromatic carbocycles. The monoisotopic (exact) mass is 717 g/mol. The number of esters is 1. The Balaban J connectivity index is 3.87. The van der Waals surface area contributed by atoms with Crippen LogP contribution in [0.1, 0.15) is 162 Å². The van der Waals surface area contributed by atoms with Gasteiger partial charge in [-0.1, -0.05) is 128 Å². The maximum Gasteiger partial charge on any atom is 0.472 e. The number of rotatable bonds is 35. The van der Waals surface area contributed by atoms with Gasteiger partial charge in [-0.15, -0.1) is 0 Å². The highest BCUT2D eigenvalue weighted by Crippen LogP contribution is 2.43. The molecule has 12 heteroatoms. The molecule has 286 valence electrons. The van der Waals surface area contributed by atoms with Crippen molar-refractivity contribution < 1.29 is 47.8 Å². The maximum absolute atomic E-state index is 12.2. The van der Waals surface area contributed by atoms with Gasteiger partial charge in [0, 0.05) is 12.8 Å². The van der Waals surface area contributed by atoms with Gasteiger partial charge < -0.3 is 25.2 Å². The van der Waals surface area contributed by atoms with E-state index in [0.29, 0.717) is 12.8 Å². The number of hydrogen-bond acceptors (Lipinski definition) is 8. The van der Waals surface area contributed by atoms with Gasteiger partial charge in [0.05, 0.1) is 13.2 Å². The minimum atomic E-state index is -4.73. The molecule has 49 heavy (non-hydrogen) atoms. The van der Waals surface area contributed by atoms with E-state index in [1.165, 1.54) is 77.0 Å². The number of hydrogen-bond donors (Lipinski definition) is 4. The predicted octanol–water partition coefficient (Wildman–Crippen LogP) is 8.72. The molecule has 0 aliphatic carbocycles. The van der Waals surface area contributed by atoms with Crippen molar-refractivity contribution in [2.24, 2.45) is 0 Å². The van der Waals surface area contributed by atoms with E-state index in [0.717, 1.165) is 44.9 Å². The molecule has 0 saturated heterocycles. The highest BCUT2D eigenvalue weighted by Gasteiger charge is 2.28. The third-order valence-corrected chi connectivity index (χ3v) is 8.94. The van der Waals surface area contributed by atoms with Crippen molar-refractivity contribution in [1.29, 1.82) is 0 Å². The van der Waals surface area contributed by atoms with E-state index in [-0.39, 0.29) is 12.8 Å². The number of carboxylic acid groups (broad SMARTS) is 1. The number of carbonyl (C=O) groups excluding carboxylic acids is 2. The van der Waals surface area contributed by atoms with E-state index in [1.807, 2.05) is 0 Å². The number of aliphatic carboxylic acids is 1. The minimum Gasteiger partial charge on any atom is -0.480 e. The molecule has 1 amide bonds. The number of aliphatic hydroxyl groups is 1. The molecule has 0 aliphatic heterocycles. The molecule has 0 fully saturated rings. The Labute approximate surface area is 296 Å². The van der Waals surface area contributed by atoms with Crippen molar-refractivity contribution in [3.63, 3.8) is 0 Å². The third kappa shape index (κ3) is 32.9. The van der Waals surface area contributed by atoms with Gasteiger partial charge in [0.25, 0.3) is 0 Å². The molecule has 3 unspecified atom stereocenters. The first-order valence-corrected chi connectivity index (χ1v) is 20.4. The van der Waals surface area contributed by atoms with Crippen LogP contribution in [0.3, 0.4) is 0 Å². The molecule has 0 aromatic heterocycles. The van der Waals surface area contributed by atoms with Gasteiger partial charge in [-0.05, 0) is 44.9 Å². The first-order valence-electron chi connectivity index (χ1n) is 18.9. The van der Waals surface area contributed by atoms with Crippen LogP contribution < -0.4 is 5.32 Å². The number of amides is 1. The lowest BCUT2D eigenvalue weighted by molar-refractivity contribution is -0.147. The van der Waals surface area contributed by atoms with E-state index in [4.69, 9.17) is 9.26 Å². The van der Waals surface area contributed by atoms with Crippen LogP contribution in [0, 0.1) is 0 Å². The van der Waals surface area contributed by atoms with Crippen LogP contribution in [0.4, 0.5) is 0 Å². The van der Waals surface area contributed by atoms with E-state index in [2.05, 4.69) is 48.0 Å². The van der Waals surface area contributed by atoms with Gasteiger partial charge in [-0.2, -0.15) is 0 Å². The van der Waals surface area contributed by atoms with Crippen molar-refractivity contribution in [2.75, 3.05) is 19.8 Å². The number of phosphoric ester groups is 1. The average Bonchev–Trinajstić information content (AvgIpc) is 3.07. The molecule has 0 aromatic rings. The number of carbonyl (C=O) groups is 3. The van der Waals surface area contributed by atoms with E-state index < -0.39 is 57.6 Å². The summed E-state index contributed by atoms with van der Waals surface area (Å²) < 4.78 is 26.5. The first kappa shape index (κ1) is 47.0. The molecule has 0 bridgehead atoms. The van der Waals surface area contributed by atoms with Crippen LogP contribution in [0.25, 0.3) is 0 Å². The molecule has 3 atom stereocenters. The lowest BCUT2D eigenvalue weighted by Gasteiger charge is -2.18. The summed E-state index contributed by atoms with van der Waals surface area (Å²) in [5, 5.41) is 21.6. The standard InChI is InChI=1S/C37H68NO10P/c1-3-5-7-9-10-11-12-13-14-15-16-17-18-19-20-21-22-23-24-25-26-28-35(40)38-34(37(42)43)32-48-49(44,45)47-31-33(39)30-46-36(41)29-27-8-6-4-2/h10-11,13-14,33-34,39H,3-9,12,15-32H2,1-2H3,(H,38,40)(H,42,43)(H,44,45)/b11-10-,14-13-.